The van der Waals surface area contributed by atoms with Crippen LogP contribution in [0.25, 0.3) is 0 Å². The van der Waals surface area contributed by atoms with Crippen LogP contribution in [0.15, 0.2) is 0 Å². The molecule has 1 aliphatic rings. The summed E-state index contributed by atoms with van der Waals surface area (Å²) < 4.78 is 10.5. The molecule has 1 saturated heterocycles. The molecule has 0 spiro atoms. The van der Waals surface area contributed by atoms with Crippen LogP contribution in [-0.4, -0.2) is 42.6 Å². The molecule has 1 fully saturated rings. The van der Waals surface area contributed by atoms with Crippen LogP contribution in [0.4, 0.5) is 5.13 Å². The van der Waals surface area contributed by atoms with E-state index in [2.05, 4.69) is 10.3 Å². The van der Waals surface area contributed by atoms with Gasteiger partial charge in [-0.3, -0.25) is 4.79 Å². The lowest BCUT2D eigenvalue weighted by Crippen LogP contribution is -2.12. The van der Waals surface area contributed by atoms with Crippen LogP contribution in [0.5, 0.6) is 0 Å². The lowest BCUT2D eigenvalue weighted by molar-refractivity contribution is 0.0517. The number of nitrogens with one attached hydrogen (secondary N) is 1. The highest BCUT2D eigenvalue weighted by atomic mass is 32.1. The molecule has 21 heavy (non-hydrogen) atoms. The molecule has 1 aromatic rings. The van der Waals surface area contributed by atoms with E-state index in [0.29, 0.717) is 22.7 Å². The van der Waals surface area contributed by atoms with Gasteiger partial charge in [0.25, 0.3) is 0 Å². The number of aromatic nitrogens is 1. The normalized spacial score (nSPS) is 17.7. The van der Waals surface area contributed by atoms with Gasteiger partial charge in [0.05, 0.1) is 12.7 Å². The summed E-state index contributed by atoms with van der Waals surface area (Å²) >= 11 is 1.19. The Kier molecular flexibility index (Phi) is 5.69. The molecule has 7 heteroatoms. The molecule has 0 radical (unpaired) electrons. The van der Waals surface area contributed by atoms with Crippen molar-refractivity contribution >= 4 is 28.2 Å². The summed E-state index contributed by atoms with van der Waals surface area (Å²) in [6.45, 7) is 4.95. The monoisotopic (exact) mass is 312 g/mol. The molecule has 0 bridgehead atoms. The lowest BCUT2D eigenvalue weighted by Gasteiger charge is -2.08. The quantitative estimate of drug-likeness (QED) is 0.616. The average Bonchev–Trinajstić information content (AvgIpc) is 3.08. The number of hydrogen-bond donors (Lipinski definition) is 1. The van der Waals surface area contributed by atoms with E-state index >= 15 is 0 Å². The summed E-state index contributed by atoms with van der Waals surface area (Å²) in [5.41, 5.74) is 0.106. The molecule has 116 valence electrons. The van der Waals surface area contributed by atoms with Gasteiger partial charge in [0.2, 0.25) is 0 Å². The molecule has 1 aliphatic heterocycles. The summed E-state index contributed by atoms with van der Waals surface area (Å²) in [7, 11) is 0. The number of hydrogen-bond acceptors (Lipinski definition) is 7. The van der Waals surface area contributed by atoms with Gasteiger partial charge in [-0.15, -0.1) is 0 Å². The van der Waals surface area contributed by atoms with E-state index in [1.165, 1.54) is 18.3 Å². The Morgan fingerprint density at radius 1 is 1.52 bits per heavy atom. The van der Waals surface area contributed by atoms with Crippen LogP contribution in [0.2, 0.25) is 0 Å². The number of carbonyl (C=O) groups is 2. The van der Waals surface area contributed by atoms with Crippen molar-refractivity contribution in [1.29, 1.82) is 0 Å². The zero-order valence-corrected chi connectivity index (χ0v) is 13.1. The molecule has 0 saturated carbocycles. The first-order valence-corrected chi connectivity index (χ1v) is 7.97. The molecule has 1 unspecified atom stereocenters. The number of esters is 1. The van der Waals surface area contributed by atoms with E-state index in [-0.39, 0.29) is 18.1 Å². The standard InChI is InChI=1S/C14H20N2O4S/c1-3-19-13(18)11-12(9(2)17)21-14(16-11)15-7-6-10-5-4-8-20-10/h10H,3-8H2,1-2H3,(H,15,16). The zero-order chi connectivity index (χ0) is 15.2. The minimum atomic E-state index is -0.550. The number of thiazole rings is 1. The molecule has 0 aliphatic carbocycles. The number of anilines is 1. The van der Waals surface area contributed by atoms with Crippen molar-refractivity contribution in [3.8, 4) is 0 Å². The van der Waals surface area contributed by atoms with Crippen LogP contribution in [0.3, 0.4) is 0 Å². The molecule has 1 aromatic heterocycles. The predicted molar refractivity (Wildman–Crippen MR) is 80.2 cm³/mol. The molecule has 0 aromatic carbocycles. The number of nitrogens with zero attached hydrogens (tertiary/aromatic N) is 1. The number of ketones is 1. The van der Waals surface area contributed by atoms with E-state index in [9.17, 15) is 9.59 Å². The smallest absolute Gasteiger partial charge is 0.358 e. The molecule has 2 rings (SSSR count). The molecule has 6 nitrogen and oxygen atoms in total. The summed E-state index contributed by atoms with van der Waals surface area (Å²) in [6, 6.07) is 0. The number of Topliss-reactive ketones (excluding diaryl/α,β-unsaturated/α-hetero) is 1. The molecule has 1 atom stereocenters. The molecular formula is C14H20N2O4S. The minimum Gasteiger partial charge on any atom is -0.461 e. The molecule has 2 heterocycles. The van der Waals surface area contributed by atoms with Gasteiger partial charge in [-0.1, -0.05) is 11.3 Å². The van der Waals surface area contributed by atoms with Gasteiger partial charge in [-0.25, -0.2) is 9.78 Å². The highest BCUT2D eigenvalue weighted by Crippen LogP contribution is 2.25. The van der Waals surface area contributed by atoms with E-state index in [0.717, 1.165) is 25.9 Å². The first kappa shape index (κ1) is 15.9. The van der Waals surface area contributed by atoms with Crippen molar-refractivity contribution < 1.29 is 19.1 Å². The topological polar surface area (TPSA) is 77.5 Å². The summed E-state index contributed by atoms with van der Waals surface area (Å²) in [5.74, 6) is -0.728. The highest BCUT2D eigenvalue weighted by molar-refractivity contribution is 7.17. The third-order valence-corrected chi connectivity index (χ3v) is 4.30. The third-order valence-electron chi connectivity index (χ3n) is 3.18. The molecule has 0 amide bonds. The van der Waals surface area contributed by atoms with Crippen LogP contribution in [0, 0.1) is 0 Å². The predicted octanol–water partition coefficient (Wildman–Crippen LogP) is 2.50. The maximum atomic E-state index is 11.8. The SMILES string of the molecule is CCOC(=O)c1nc(NCCC2CCCO2)sc1C(C)=O. The van der Waals surface area contributed by atoms with Crippen molar-refractivity contribution in [2.24, 2.45) is 0 Å². The van der Waals surface area contributed by atoms with Crippen LogP contribution < -0.4 is 5.32 Å². The van der Waals surface area contributed by atoms with E-state index < -0.39 is 5.97 Å². The van der Waals surface area contributed by atoms with Crippen molar-refractivity contribution in [3.05, 3.63) is 10.6 Å². The van der Waals surface area contributed by atoms with Crippen molar-refractivity contribution in [1.82, 2.24) is 4.98 Å². The summed E-state index contributed by atoms with van der Waals surface area (Å²) in [5, 5.41) is 3.72. The summed E-state index contributed by atoms with van der Waals surface area (Å²) in [4.78, 5) is 27.9. The van der Waals surface area contributed by atoms with Gasteiger partial charge in [0, 0.05) is 20.1 Å². The Balaban J connectivity index is 1.97. The number of ether oxygens (including phenoxy) is 2. The molecule has 1 N–H and O–H groups in total. The average molecular weight is 312 g/mol. The third kappa shape index (κ3) is 4.25. The van der Waals surface area contributed by atoms with Gasteiger partial charge in [0.15, 0.2) is 16.6 Å². The summed E-state index contributed by atoms with van der Waals surface area (Å²) in [6.07, 6.45) is 3.40. The Hall–Kier alpha value is -1.47. The van der Waals surface area contributed by atoms with Crippen LogP contribution in [0.1, 0.15) is 53.3 Å². The number of rotatable bonds is 7. The van der Waals surface area contributed by atoms with E-state index in [1.54, 1.807) is 6.92 Å². The fraction of sp³-hybridized carbons (Fsp3) is 0.643. The largest absolute Gasteiger partial charge is 0.461 e. The highest BCUT2D eigenvalue weighted by Gasteiger charge is 2.22. The fourth-order valence-electron chi connectivity index (χ4n) is 2.18. The Bertz CT molecular complexity index is 509. The Morgan fingerprint density at radius 3 is 2.95 bits per heavy atom. The Labute approximate surface area is 127 Å². The zero-order valence-electron chi connectivity index (χ0n) is 12.3. The van der Waals surface area contributed by atoms with Gasteiger partial charge in [-0.05, 0) is 26.2 Å². The maximum absolute atomic E-state index is 11.8. The van der Waals surface area contributed by atoms with Crippen molar-refractivity contribution in [2.45, 2.75) is 39.2 Å². The lowest BCUT2D eigenvalue weighted by atomic mass is 10.2. The van der Waals surface area contributed by atoms with Gasteiger partial charge in [0.1, 0.15) is 4.88 Å². The minimum absolute atomic E-state index is 0.106. The second-order valence-corrected chi connectivity index (χ2v) is 5.82. The Morgan fingerprint density at radius 2 is 2.33 bits per heavy atom. The van der Waals surface area contributed by atoms with Gasteiger partial charge >= 0.3 is 5.97 Å². The second kappa shape index (κ2) is 7.51. The second-order valence-electron chi connectivity index (χ2n) is 4.82. The van der Waals surface area contributed by atoms with Crippen molar-refractivity contribution in [2.75, 3.05) is 25.1 Å². The maximum Gasteiger partial charge on any atom is 0.358 e. The van der Waals surface area contributed by atoms with Gasteiger partial charge in [-0.2, -0.15) is 0 Å². The first-order valence-electron chi connectivity index (χ1n) is 7.16. The van der Waals surface area contributed by atoms with Crippen LogP contribution >= 0.6 is 11.3 Å². The van der Waals surface area contributed by atoms with Crippen LogP contribution in [-0.2, 0) is 9.47 Å². The fourth-order valence-corrected chi connectivity index (χ4v) is 3.06. The first-order chi connectivity index (χ1) is 10.1. The number of carbonyl (C=O) groups excluding carboxylic acids is 2. The van der Waals surface area contributed by atoms with E-state index in [4.69, 9.17) is 9.47 Å². The van der Waals surface area contributed by atoms with Crippen molar-refractivity contribution in [3.63, 3.8) is 0 Å². The van der Waals surface area contributed by atoms with Gasteiger partial charge < -0.3 is 14.8 Å². The van der Waals surface area contributed by atoms with E-state index in [1.807, 2.05) is 0 Å². The molecular weight excluding hydrogens is 292 g/mol.